The van der Waals surface area contributed by atoms with Crippen molar-refractivity contribution in [2.24, 2.45) is 0 Å². The molecule has 2 rings (SSSR count). The van der Waals surface area contributed by atoms with Crippen LogP contribution in [0.15, 0.2) is 0 Å². The normalized spacial score (nSPS) is 26.1. The van der Waals surface area contributed by atoms with Crippen molar-refractivity contribution >= 4 is 41.6 Å². The molecule has 0 aromatic carbocycles. The monoisotopic (exact) mass is 643 g/mol. The highest BCUT2D eigenvalue weighted by Gasteiger charge is 2.52. The summed E-state index contributed by atoms with van der Waals surface area (Å²) in [5, 5.41) is 5.14. The molecule has 0 saturated carbocycles. The molecule has 2 N–H and O–H groups in total. The Morgan fingerprint density at radius 1 is 0.889 bits per heavy atom. The molecule has 2 aliphatic rings. The van der Waals surface area contributed by atoms with E-state index in [0.29, 0.717) is 12.8 Å². The first kappa shape index (κ1) is 37.4. The van der Waals surface area contributed by atoms with Crippen molar-refractivity contribution in [3.63, 3.8) is 0 Å². The lowest BCUT2D eigenvalue weighted by Gasteiger charge is -2.46. The van der Waals surface area contributed by atoms with Crippen molar-refractivity contribution in [1.82, 2.24) is 15.5 Å². The zero-order chi connectivity index (χ0) is 34.2. The highest BCUT2D eigenvalue weighted by molar-refractivity contribution is 5.91. The second-order valence-electron chi connectivity index (χ2n) is 12.0. The van der Waals surface area contributed by atoms with Gasteiger partial charge in [0, 0.05) is 41.2 Å². The number of carbonyl (C=O) groups is 7. The molecule has 3 amide bonds. The summed E-state index contributed by atoms with van der Waals surface area (Å²) in [6.07, 6.45) is -5.73. The van der Waals surface area contributed by atoms with Gasteiger partial charge in [-0.15, -0.1) is 0 Å². The summed E-state index contributed by atoms with van der Waals surface area (Å²) in [6.45, 7) is 12.1. The van der Waals surface area contributed by atoms with Gasteiger partial charge in [0.2, 0.25) is 17.7 Å². The highest BCUT2D eigenvalue weighted by Crippen LogP contribution is 2.30. The zero-order valence-electron chi connectivity index (χ0n) is 27.2. The number of hydrogen-bond donors (Lipinski definition) is 2. The second kappa shape index (κ2) is 16.0. The van der Waals surface area contributed by atoms with E-state index >= 15 is 0 Å². The smallest absolute Gasteiger partial charge is 0.329 e. The number of nitrogens with one attached hydrogen (secondary N) is 2. The highest BCUT2D eigenvalue weighted by atomic mass is 16.7. The van der Waals surface area contributed by atoms with E-state index in [9.17, 15) is 33.6 Å². The molecule has 0 unspecified atom stereocenters. The summed E-state index contributed by atoms with van der Waals surface area (Å²) in [4.78, 5) is 88.3. The van der Waals surface area contributed by atoms with Gasteiger partial charge in [-0.05, 0) is 40.5 Å². The molecule has 254 valence electrons. The average molecular weight is 644 g/mol. The zero-order valence-corrected chi connectivity index (χ0v) is 27.2. The molecule has 0 spiro atoms. The van der Waals surface area contributed by atoms with Gasteiger partial charge in [0.25, 0.3) is 0 Å². The summed E-state index contributed by atoms with van der Waals surface area (Å²) in [5.41, 5.74) is -0.788. The Morgan fingerprint density at radius 3 is 2.00 bits per heavy atom. The van der Waals surface area contributed by atoms with Gasteiger partial charge in [-0.25, -0.2) is 4.79 Å². The maximum absolute atomic E-state index is 13.9. The number of ether oxygens (including phenoxy) is 6. The van der Waals surface area contributed by atoms with E-state index in [2.05, 4.69) is 10.6 Å². The number of rotatable bonds is 11. The first-order valence-corrected chi connectivity index (χ1v) is 14.7. The minimum Gasteiger partial charge on any atom is -0.463 e. The van der Waals surface area contributed by atoms with Gasteiger partial charge in [0.15, 0.2) is 18.5 Å². The van der Waals surface area contributed by atoms with E-state index in [-0.39, 0.29) is 6.54 Å². The Kier molecular flexibility index (Phi) is 13.3. The molecule has 0 aliphatic carbocycles. The Morgan fingerprint density at radius 2 is 1.49 bits per heavy atom. The molecule has 0 aromatic heterocycles. The maximum atomic E-state index is 13.9. The molecular weight excluding hydrogens is 598 g/mol. The third-order valence-corrected chi connectivity index (χ3v) is 6.73. The van der Waals surface area contributed by atoms with E-state index in [1.807, 2.05) is 0 Å². The van der Waals surface area contributed by atoms with E-state index in [4.69, 9.17) is 28.4 Å². The lowest BCUT2D eigenvalue weighted by atomic mass is 9.95. The Bertz CT molecular complexity index is 1140. The molecule has 16 nitrogen and oxygen atoms in total. The molecule has 2 aliphatic heterocycles. The molecule has 0 bridgehead atoms. The van der Waals surface area contributed by atoms with Gasteiger partial charge in [-0.3, -0.25) is 28.8 Å². The summed E-state index contributed by atoms with van der Waals surface area (Å²) >= 11 is 0. The fourth-order valence-corrected chi connectivity index (χ4v) is 5.12. The molecule has 45 heavy (non-hydrogen) atoms. The van der Waals surface area contributed by atoms with Crippen LogP contribution in [0, 0.1) is 0 Å². The summed E-state index contributed by atoms with van der Waals surface area (Å²) in [7, 11) is 0. The van der Waals surface area contributed by atoms with E-state index < -0.39 is 103 Å². The fraction of sp³-hybridized carbons (Fsp3) is 0.759. The number of nitrogens with zero attached hydrogens (tertiary/aromatic N) is 1. The van der Waals surface area contributed by atoms with Gasteiger partial charge in [-0.2, -0.15) is 0 Å². The molecule has 16 heteroatoms. The van der Waals surface area contributed by atoms with E-state index in [1.165, 1.54) is 25.7 Å². The van der Waals surface area contributed by atoms with Crippen molar-refractivity contribution in [2.75, 3.05) is 13.2 Å². The van der Waals surface area contributed by atoms with Crippen LogP contribution < -0.4 is 10.6 Å². The third kappa shape index (κ3) is 11.3. The van der Waals surface area contributed by atoms with Crippen LogP contribution in [0.3, 0.4) is 0 Å². The van der Waals surface area contributed by atoms with Crippen molar-refractivity contribution in [1.29, 1.82) is 0 Å². The minimum atomic E-state index is -1.48. The van der Waals surface area contributed by atoms with Crippen LogP contribution in [-0.2, 0) is 62.0 Å². The number of amides is 3. The van der Waals surface area contributed by atoms with Crippen molar-refractivity contribution < 1.29 is 62.0 Å². The Balaban J connectivity index is 2.47. The van der Waals surface area contributed by atoms with Crippen molar-refractivity contribution in [3.05, 3.63) is 0 Å². The van der Waals surface area contributed by atoms with Crippen LogP contribution in [0.1, 0.15) is 75.2 Å². The van der Waals surface area contributed by atoms with Gasteiger partial charge < -0.3 is 44.0 Å². The number of likely N-dealkylation sites (tertiary alicyclic amines) is 1. The van der Waals surface area contributed by atoms with Crippen molar-refractivity contribution in [2.45, 2.75) is 130 Å². The van der Waals surface area contributed by atoms with Gasteiger partial charge >= 0.3 is 23.9 Å². The summed E-state index contributed by atoms with van der Waals surface area (Å²) in [6, 6.07) is -3.51. The summed E-state index contributed by atoms with van der Waals surface area (Å²) < 4.78 is 33.6. The lowest BCUT2D eigenvalue weighted by Crippen LogP contribution is -2.67. The van der Waals surface area contributed by atoms with E-state index in [0.717, 1.165) is 20.8 Å². The number of hydrogen-bond acceptors (Lipinski definition) is 13. The van der Waals surface area contributed by atoms with Crippen LogP contribution in [0.25, 0.3) is 0 Å². The summed E-state index contributed by atoms with van der Waals surface area (Å²) in [5.74, 6) is -4.61. The van der Waals surface area contributed by atoms with Crippen LogP contribution >= 0.6 is 0 Å². The van der Waals surface area contributed by atoms with Crippen molar-refractivity contribution in [3.8, 4) is 0 Å². The second-order valence-corrected chi connectivity index (χ2v) is 12.0. The van der Waals surface area contributed by atoms with Crippen LogP contribution in [0.4, 0.5) is 0 Å². The fourth-order valence-electron chi connectivity index (χ4n) is 5.12. The predicted molar refractivity (Wildman–Crippen MR) is 153 cm³/mol. The molecule has 2 heterocycles. The Labute approximate surface area is 262 Å². The van der Waals surface area contributed by atoms with Crippen LogP contribution in [-0.4, -0.2) is 114 Å². The molecule has 0 aromatic rings. The molecule has 0 radical (unpaired) electrons. The van der Waals surface area contributed by atoms with Gasteiger partial charge in [0.05, 0.1) is 6.10 Å². The molecule has 8 atom stereocenters. The standard InChI is InChI=1S/C29H45N3O13/c1-14(22(30-15(2)33)26(38)32-12-10-11-20(32)27(39)45-29(7,8)9)41-28-23(31-16(3)34)25(43-19(6)37)24(42-18(5)36)21(44-28)13-40-17(4)35/h14,20-25,28H,10-13H2,1-9H3,(H,30,33)(H,31,34)/t14-,20+,21-,22+,23-,24+,25-,28+/m1/s1. The maximum Gasteiger partial charge on any atom is 0.329 e. The minimum absolute atomic E-state index is 0.225. The van der Waals surface area contributed by atoms with Gasteiger partial charge in [0.1, 0.15) is 36.4 Å². The Hall–Kier alpha value is -3.79. The predicted octanol–water partition coefficient (Wildman–Crippen LogP) is -0.115. The molecule has 2 fully saturated rings. The van der Waals surface area contributed by atoms with Crippen LogP contribution in [0.2, 0.25) is 0 Å². The van der Waals surface area contributed by atoms with Gasteiger partial charge in [-0.1, -0.05) is 0 Å². The lowest BCUT2D eigenvalue weighted by molar-refractivity contribution is -0.287. The quantitative estimate of drug-likeness (QED) is 0.223. The first-order chi connectivity index (χ1) is 20.8. The number of carbonyl (C=O) groups excluding carboxylic acids is 7. The number of esters is 4. The molecular formula is C29H45N3O13. The third-order valence-electron chi connectivity index (χ3n) is 6.73. The van der Waals surface area contributed by atoms with Crippen LogP contribution in [0.5, 0.6) is 0 Å². The topological polar surface area (TPSA) is 202 Å². The SMILES string of the molecule is CC(=O)N[C@H]1[C@@H](O[C@H](C)[C@H](NC(C)=O)C(=O)N2CCC[C@H]2C(=O)OC(C)(C)C)O[C@H](COC(C)=O)[C@H](OC(C)=O)[C@@H]1OC(C)=O. The van der Waals surface area contributed by atoms with E-state index in [1.54, 1.807) is 20.8 Å². The molecule has 2 saturated heterocycles. The first-order valence-electron chi connectivity index (χ1n) is 14.7. The largest absolute Gasteiger partial charge is 0.463 e. The average Bonchev–Trinajstić information content (AvgIpc) is 3.37.